The average molecular weight is 260 g/mol. The van der Waals surface area contributed by atoms with Crippen LogP contribution in [-0.2, 0) is 19.4 Å². The van der Waals surface area contributed by atoms with Gasteiger partial charge in [-0.05, 0) is 17.9 Å². The molecule has 0 saturated heterocycles. The number of nitrogens with two attached hydrogens (primary N) is 1. The van der Waals surface area contributed by atoms with Gasteiger partial charge in [0.25, 0.3) is 0 Å². The van der Waals surface area contributed by atoms with Crippen LogP contribution in [0.1, 0.15) is 35.0 Å². The Morgan fingerprint density at radius 1 is 1.22 bits per heavy atom. The summed E-state index contributed by atoms with van der Waals surface area (Å²) in [5.41, 5.74) is 8.31. The van der Waals surface area contributed by atoms with Gasteiger partial charge in [0.1, 0.15) is 0 Å². The number of nitrogens with zero attached hydrogens (tertiary/aromatic N) is 1. The lowest BCUT2D eigenvalue weighted by Crippen LogP contribution is -2.02. The van der Waals surface area contributed by atoms with E-state index in [4.69, 9.17) is 10.7 Å². The summed E-state index contributed by atoms with van der Waals surface area (Å²) in [4.78, 5) is 6.00. The Morgan fingerprint density at radius 3 is 2.56 bits per heavy atom. The third-order valence-corrected chi connectivity index (χ3v) is 3.93. The topological polar surface area (TPSA) is 38.9 Å². The first kappa shape index (κ1) is 13.2. The van der Waals surface area contributed by atoms with Crippen molar-refractivity contribution < 1.29 is 0 Å². The molecule has 0 radical (unpaired) electrons. The van der Waals surface area contributed by atoms with Crippen molar-refractivity contribution in [2.24, 2.45) is 11.7 Å². The molecule has 0 aliphatic carbocycles. The predicted octanol–water partition coefficient (Wildman–Crippen LogP) is 3.39. The van der Waals surface area contributed by atoms with E-state index in [9.17, 15) is 0 Å². The van der Waals surface area contributed by atoms with E-state index < -0.39 is 0 Å². The molecule has 96 valence electrons. The zero-order valence-corrected chi connectivity index (χ0v) is 11.8. The molecular formula is C15H20N2S. The predicted molar refractivity (Wildman–Crippen MR) is 77.8 cm³/mol. The van der Waals surface area contributed by atoms with Crippen LogP contribution in [0.5, 0.6) is 0 Å². The maximum Gasteiger partial charge on any atom is 0.0975 e. The van der Waals surface area contributed by atoms with Crippen molar-refractivity contribution in [1.29, 1.82) is 0 Å². The molecule has 2 N–H and O–H groups in total. The van der Waals surface area contributed by atoms with Crippen LogP contribution in [0, 0.1) is 5.92 Å². The van der Waals surface area contributed by atoms with Gasteiger partial charge in [-0.15, -0.1) is 11.3 Å². The Kier molecular flexibility index (Phi) is 4.50. The van der Waals surface area contributed by atoms with Crippen LogP contribution in [0.4, 0.5) is 0 Å². The van der Waals surface area contributed by atoms with Gasteiger partial charge in [0.05, 0.1) is 10.7 Å². The smallest absolute Gasteiger partial charge is 0.0975 e. The number of rotatable bonds is 5. The molecule has 0 bridgehead atoms. The van der Waals surface area contributed by atoms with E-state index in [2.05, 4.69) is 38.1 Å². The highest BCUT2D eigenvalue weighted by molar-refractivity contribution is 7.11. The molecule has 1 heterocycles. The summed E-state index contributed by atoms with van der Waals surface area (Å²) < 4.78 is 0. The molecule has 2 aromatic rings. The fourth-order valence-corrected chi connectivity index (χ4v) is 3.00. The second-order valence-corrected chi connectivity index (χ2v) is 6.11. The molecule has 0 unspecified atom stereocenters. The van der Waals surface area contributed by atoms with Gasteiger partial charge in [0.15, 0.2) is 0 Å². The quantitative estimate of drug-likeness (QED) is 0.895. The molecule has 2 nitrogen and oxygen atoms in total. The summed E-state index contributed by atoms with van der Waals surface area (Å²) in [5, 5.41) is 1.18. The van der Waals surface area contributed by atoms with Crippen LogP contribution in [0.3, 0.4) is 0 Å². The van der Waals surface area contributed by atoms with Crippen molar-refractivity contribution in [3.8, 4) is 0 Å². The molecule has 18 heavy (non-hydrogen) atoms. The second kappa shape index (κ2) is 6.12. The Morgan fingerprint density at radius 2 is 1.94 bits per heavy atom. The lowest BCUT2D eigenvalue weighted by atomic mass is 10.1. The number of hydrogen-bond donors (Lipinski definition) is 1. The lowest BCUT2D eigenvalue weighted by molar-refractivity contribution is 0.632. The normalized spacial score (nSPS) is 11.1. The molecule has 0 spiro atoms. The number of aromatic nitrogens is 1. The zero-order valence-electron chi connectivity index (χ0n) is 11.0. The van der Waals surface area contributed by atoms with Crippen molar-refractivity contribution in [2.45, 2.75) is 33.2 Å². The first-order valence-electron chi connectivity index (χ1n) is 6.40. The highest BCUT2D eigenvalue weighted by Gasteiger charge is 2.11. The highest BCUT2D eigenvalue weighted by atomic mass is 32.1. The van der Waals surface area contributed by atoms with Crippen molar-refractivity contribution >= 4 is 11.3 Å². The highest BCUT2D eigenvalue weighted by Crippen LogP contribution is 2.23. The fraction of sp³-hybridized carbons (Fsp3) is 0.400. The van der Waals surface area contributed by atoms with Crippen LogP contribution in [0.15, 0.2) is 30.3 Å². The number of thiazole rings is 1. The summed E-state index contributed by atoms with van der Waals surface area (Å²) in [5.74, 6) is 0.627. The van der Waals surface area contributed by atoms with Gasteiger partial charge in [-0.2, -0.15) is 0 Å². The molecule has 0 fully saturated rings. The molecule has 0 aliphatic rings. The van der Waals surface area contributed by atoms with Crippen LogP contribution in [0.2, 0.25) is 0 Å². The summed E-state index contributed by atoms with van der Waals surface area (Å²) in [7, 11) is 0. The van der Waals surface area contributed by atoms with Crippen molar-refractivity contribution in [3.63, 3.8) is 0 Å². The minimum Gasteiger partial charge on any atom is -0.326 e. The third kappa shape index (κ3) is 3.40. The van der Waals surface area contributed by atoms with Crippen molar-refractivity contribution in [3.05, 3.63) is 51.5 Å². The Labute approximate surface area is 113 Å². The number of hydrogen-bond acceptors (Lipinski definition) is 3. The molecular weight excluding hydrogens is 240 g/mol. The van der Waals surface area contributed by atoms with Crippen LogP contribution >= 0.6 is 11.3 Å². The van der Waals surface area contributed by atoms with Gasteiger partial charge in [0, 0.05) is 17.8 Å². The standard InChI is InChI=1S/C15H20N2S/c1-11(2)8-13-14(10-16)18-15(17-13)9-12-6-4-3-5-7-12/h3-7,11H,8-10,16H2,1-2H3. The Balaban J connectivity index is 2.17. The van der Waals surface area contributed by atoms with Crippen molar-refractivity contribution in [1.82, 2.24) is 4.98 Å². The molecule has 1 aromatic heterocycles. The SMILES string of the molecule is CC(C)Cc1nc(Cc2ccccc2)sc1CN. The van der Waals surface area contributed by atoms with Gasteiger partial charge in [-0.1, -0.05) is 44.2 Å². The van der Waals surface area contributed by atoms with Gasteiger partial charge in [0.2, 0.25) is 0 Å². The van der Waals surface area contributed by atoms with E-state index in [1.807, 2.05) is 6.07 Å². The van der Waals surface area contributed by atoms with Crippen LogP contribution in [0.25, 0.3) is 0 Å². The van der Waals surface area contributed by atoms with Gasteiger partial charge in [-0.3, -0.25) is 0 Å². The summed E-state index contributed by atoms with van der Waals surface area (Å²) in [6.07, 6.45) is 1.94. The molecule has 3 heteroatoms. The lowest BCUT2D eigenvalue weighted by Gasteiger charge is -2.02. The summed E-state index contributed by atoms with van der Waals surface area (Å²) >= 11 is 1.76. The fourth-order valence-electron chi connectivity index (χ4n) is 1.99. The maximum absolute atomic E-state index is 5.80. The van der Waals surface area contributed by atoms with Crippen LogP contribution < -0.4 is 5.73 Å². The summed E-state index contributed by atoms with van der Waals surface area (Å²) in [6.45, 7) is 5.04. The third-order valence-electron chi connectivity index (χ3n) is 2.81. The van der Waals surface area contributed by atoms with Gasteiger partial charge < -0.3 is 5.73 Å². The zero-order chi connectivity index (χ0) is 13.0. The first-order chi connectivity index (χ1) is 8.69. The van der Waals surface area contributed by atoms with E-state index >= 15 is 0 Å². The molecule has 2 rings (SSSR count). The van der Waals surface area contributed by atoms with Gasteiger partial charge in [-0.25, -0.2) is 4.98 Å². The molecule has 0 amide bonds. The number of benzene rings is 1. The van der Waals surface area contributed by atoms with E-state index in [1.54, 1.807) is 11.3 Å². The van der Waals surface area contributed by atoms with Gasteiger partial charge >= 0.3 is 0 Å². The monoisotopic (exact) mass is 260 g/mol. The minimum atomic E-state index is 0.606. The molecule has 1 aromatic carbocycles. The maximum atomic E-state index is 5.80. The average Bonchev–Trinajstić information content (AvgIpc) is 2.71. The van der Waals surface area contributed by atoms with E-state index in [-0.39, 0.29) is 0 Å². The first-order valence-corrected chi connectivity index (χ1v) is 7.22. The molecule has 0 saturated carbocycles. The van der Waals surface area contributed by atoms with E-state index in [1.165, 1.54) is 21.1 Å². The molecule has 0 aliphatic heterocycles. The van der Waals surface area contributed by atoms with E-state index in [0.29, 0.717) is 12.5 Å². The second-order valence-electron chi connectivity index (χ2n) is 4.94. The Hall–Kier alpha value is -1.19. The van der Waals surface area contributed by atoms with Crippen molar-refractivity contribution in [2.75, 3.05) is 0 Å². The minimum absolute atomic E-state index is 0.606. The van der Waals surface area contributed by atoms with E-state index in [0.717, 1.165) is 12.8 Å². The molecule has 0 atom stereocenters. The largest absolute Gasteiger partial charge is 0.326 e. The van der Waals surface area contributed by atoms with Crippen LogP contribution in [-0.4, -0.2) is 4.98 Å². The Bertz CT molecular complexity index is 488. The summed E-state index contributed by atoms with van der Waals surface area (Å²) in [6, 6.07) is 10.5.